The third-order valence-electron chi connectivity index (χ3n) is 1.78. The normalized spacial score (nSPS) is 10.3. The molecule has 1 aromatic carbocycles. The van der Waals surface area contributed by atoms with Crippen LogP contribution in [0.3, 0.4) is 0 Å². The molecule has 0 radical (unpaired) electrons. The minimum absolute atomic E-state index is 0.121. The van der Waals surface area contributed by atoms with Crippen molar-refractivity contribution in [3.8, 4) is 5.88 Å². The van der Waals surface area contributed by atoms with E-state index in [2.05, 4.69) is 9.84 Å². The highest BCUT2D eigenvalue weighted by Gasteiger charge is 2.11. The van der Waals surface area contributed by atoms with Crippen molar-refractivity contribution in [2.24, 2.45) is 5.73 Å². The lowest BCUT2D eigenvalue weighted by atomic mass is 10.2. The molecule has 0 aliphatic rings. The van der Waals surface area contributed by atoms with E-state index in [1.54, 1.807) is 24.3 Å². The highest BCUT2D eigenvalue weighted by molar-refractivity contribution is 5.86. The van der Waals surface area contributed by atoms with Crippen LogP contribution in [-0.4, -0.2) is 16.0 Å². The molecule has 0 fully saturated rings. The van der Waals surface area contributed by atoms with Crippen LogP contribution in [0.5, 0.6) is 5.88 Å². The molecule has 0 saturated carbocycles. The molecule has 1 aromatic heterocycles. The summed E-state index contributed by atoms with van der Waals surface area (Å²) in [7, 11) is 0. The number of amides is 1. The lowest BCUT2D eigenvalue weighted by Gasteiger charge is -1.93. The molecular weight excluding hydrogens is 184 g/mol. The van der Waals surface area contributed by atoms with E-state index in [1.165, 1.54) is 0 Å². The van der Waals surface area contributed by atoms with E-state index in [0.717, 1.165) is 4.79 Å². The van der Waals surface area contributed by atoms with E-state index in [1.807, 2.05) is 0 Å². The van der Waals surface area contributed by atoms with Crippen molar-refractivity contribution >= 4 is 17.0 Å². The number of primary amides is 1. The van der Waals surface area contributed by atoms with Gasteiger partial charge in [0.1, 0.15) is 0 Å². The first-order valence-electron chi connectivity index (χ1n) is 3.88. The number of hydrogen-bond acceptors (Lipinski definition) is 4. The number of carbonyl (C=O) groups is 1. The standard InChI is InChI=1S/C8H8N4O2/c9-8(13)14-7-5-3-1-2-4-6(5)12(10)11-7/h1-4H,10H2,(H2,9,13). The maximum Gasteiger partial charge on any atom is 0.411 e. The number of nitrogens with zero attached hydrogens (tertiary/aromatic N) is 2. The smallest absolute Gasteiger partial charge is 0.389 e. The van der Waals surface area contributed by atoms with Crippen molar-refractivity contribution in [3.63, 3.8) is 0 Å². The number of nitrogens with two attached hydrogens (primary N) is 2. The summed E-state index contributed by atoms with van der Waals surface area (Å²) in [6, 6.07) is 7.10. The van der Waals surface area contributed by atoms with Crippen LogP contribution in [0.4, 0.5) is 4.79 Å². The van der Waals surface area contributed by atoms with Crippen molar-refractivity contribution in [2.75, 3.05) is 5.84 Å². The summed E-state index contributed by atoms with van der Waals surface area (Å²) in [6.07, 6.45) is -0.908. The van der Waals surface area contributed by atoms with Gasteiger partial charge in [-0.3, -0.25) is 0 Å². The van der Waals surface area contributed by atoms with Crippen molar-refractivity contribution in [1.82, 2.24) is 9.89 Å². The highest BCUT2D eigenvalue weighted by Crippen LogP contribution is 2.22. The predicted octanol–water partition coefficient (Wildman–Crippen LogP) is 0.208. The third-order valence-corrected chi connectivity index (χ3v) is 1.78. The Kier molecular flexibility index (Phi) is 1.74. The van der Waals surface area contributed by atoms with Gasteiger partial charge in [-0.25, -0.2) is 4.79 Å². The second kappa shape index (κ2) is 2.91. The largest absolute Gasteiger partial charge is 0.411 e. The zero-order chi connectivity index (χ0) is 10.1. The van der Waals surface area contributed by atoms with Gasteiger partial charge in [0.15, 0.2) is 0 Å². The Labute approximate surface area is 79.0 Å². The Balaban J connectivity index is 2.60. The number of fused-ring (bicyclic) bond motifs is 1. The van der Waals surface area contributed by atoms with Crippen LogP contribution in [0, 0.1) is 0 Å². The molecule has 0 unspecified atom stereocenters. The molecule has 14 heavy (non-hydrogen) atoms. The number of aromatic nitrogens is 2. The fourth-order valence-corrected chi connectivity index (χ4v) is 1.23. The van der Waals surface area contributed by atoms with Crippen LogP contribution in [-0.2, 0) is 0 Å². The minimum atomic E-state index is -0.908. The average Bonchev–Trinajstić information content (AvgIpc) is 2.44. The van der Waals surface area contributed by atoms with Crippen LogP contribution < -0.4 is 16.3 Å². The summed E-state index contributed by atoms with van der Waals surface area (Å²) in [4.78, 5) is 11.7. The molecule has 2 aromatic rings. The molecule has 0 bridgehead atoms. The van der Waals surface area contributed by atoms with Gasteiger partial charge in [0, 0.05) is 0 Å². The second-order valence-electron chi connectivity index (χ2n) is 2.69. The maximum atomic E-state index is 10.5. The first-order valence-corrected chi connectivity index (χ1v) is 3.88. The van der Waals surface area contributed by atoms with Crippen LogP contribution in [0.25, 0.3) is 10.9 Å². The van der Waals surface area contributed by atoms with Gasteiger partial charge in [-0.2, -0.15) is 4.79 Å². The molecule has 1 heterocycles. The molecule has 0 atom stereocenters. The maximum absolute atomic E-state index is 10.5. The summed E-state index contributed by atoms with van der Waals surface area (Å²) in [6.45, 7) is 0. The average molecular weight is 192 g/mol. The van der Waals surface area contributed by atoms with Gasteiger partial charge in [0.25, 0.3) is 5.88 Å². The number of nitrogen functional groups attached to an aromatic ring is 1. The van der Waals surface area contributed by atoms with Gasteiger partial charge >= 0.3 is 6.09 Å². The van der Waals surface area contributed by atoms with E-state index in [4.69, 9.17) is 11.6 Å². The van der Waals surface area contributed by atoms with E-state index in [-0.39, 0.29) is 5.88 Å². The number of benzene rings is 1. The molecule has 0 saturated heterocycles. The molecule has 0 spiro atoms. The zero-order valence-corrected chi connectivity index (χ0v) is 7.18. The summed E-state index contributed by atoms with van der Waals surface area (Å²) in [5, 5.41) is 4.45. The fraction of sp³-hybridized carbons (Fsp3) is 0. The van der Waals surface area contributed by atoms with E-state index < -0.39 is 6.09 Å². The molecule has 0 aliphatic carbocycles. The molecule has 72 valence electrons. The molecule has 1 amide bonds. The van der Waals surface area contributed by atoms with Crippen LogP contribution >= 0.6 is 0 Å². The van der Waals surface area contributed by atoms with Gasteiger partial charge in [0.05, 0.1) is 10.9 Å². The fourth-order valence-electron chi connectivity index (χ4n) is 1.23. The number of ether oxygens (including phenoxy) is 1. The van der Waals surface area contributed by atoms with Crippen molar-refractivity contribution in [1.29, 1.82) is 0 Å². The van der Waals surface area contributed by atoms with Crippen LogP contribution in [0.2, 0.25) is 0 Å². The zero-order valence-electron chi connectivity index (χ0n) is 7.18. The second-order valence-corrected chi connectivity index (χ2v) is 2.69. The van der Waals surface area contributed by atoms with Gasteiger partial charge in [0.2, 0.25) is 0 Å². The molecule has 4 N–H and O–H groups in total. The minimum Gasteiger partial charge on any atom is -0.389 e. The first-order chi connectivity index (χ1) is 6.68. The van der Waals surface area contributed by atoms with Gasteiger partial charge in [-0.15, -0.1) is 5.10 Å². The SMILES string of the molecule is NC(=O)Oc1nn(N)c2ccccc12. The number of hydrogen-bond donors (Lipinski definition) is 2. The quantitative estimate of drug-likeness (QED) is 0.631. The Hall–Kier alpha value is -2.24. The topological polar surface area (TPSA) is 96.2 Å². The molecule has 6 heteroatoms. The number of para-hydroxylation sites is 1. The molecule has 6 nitrogen and oxygen atoms in total. The van der Waals surface area contributed by atoms with Gasteiger partial charge in [-0.05, 0) is 12.1 Å². The Morgan fingerprint density at radius 2 is 2.14 bits per heavy atom. The van der Waals surface area contributed by atoms with Crippen LogP contribution in [0.15, 0.2) is 24.3 Å². The van der Waals surface area contributed by atoms with E-state index in [0.29, 0.717) is 10.9 Å². The van der Waals surface area contributed by atoms with Gasteiger partial charge in [-0.1, -0.05) is 12.1 Å². The third kappa shape index (κ3) is 1.22. The Bertz CT molecular complexity index is 491. The van der Waals surface area contributed by atoms with Crippen LogP contribution in [0.1, 0.15) is 0 Å². The number of carbonyl (C=O) groups excluding carboxylic acids is 1. The Morgan fingerprint density at radius 3 is 2.86 bits per heavy atom. The highest BCUT2D eigenvalue weighted by atomic mass is 16.6. The monoisotopic (exact) mass is 192 g/mol. The summed E-state index contributed by atoms with van der Waals surface area (Å²) >= 11 is 0. The van der Waals surface area contributed by atoms with Gasteiger partial charge < -0.3 is 16.3 Å². The lowest BCUT2D eigenvalue weighted by molar-refractivity contribution is 0.209. The van der Waals surface area contributed by atoms with E-state index in [9.17, 15) is 4.79 Å². The lowest BCUT2D eigenvalue weighted by Crippen LogP contribution is -2.17. The summed E-state index contributed by atoms with van der Waals surface area (Å²) in [5.74, 6) is 5.65. The first kappa shape index (κ1) is 8.36. The predicted molar refractivity (Wildman–Crippen MR) is 50.1 cm³/mol. The summed E-state index contributed by atoms with van der Waals surface area (Å²) in [5.41, 5.74) is 5.54. The summed E-state index contributed by atoms with van der Waals surface area (Å²) < 4.78 is 4.68. The van der Waals surface area contributed by atoms with E-state index >= 15 is 0 Å². The van der Waals surface area contributed by atoms with Crippen molar-refractivity contribution in [2.45, 2.75) is 0 Å². The number of rotatable bonds is 1. The van der Waals surface area contributed by atoms with Crippen molar-refractivity contribution in [3.05, 3.63) is 24.3 Å². The molecular formula is C8H8N4O2. The molecule has 0 aliphatic heterocycles. The molecule has 2 rings (SSSR count). The Morgan fingerprint density at radius 1 is 1.43 bits per heavy atom. The van der Waals surface area contributed by atoms with Crippen molar-refractivity contribution < 1.29 is 9.53 Å².